The first-order valence-electron chi connectivity index (χ1n) is 8.11. The molecule has 2 heterocycles. The Labute approximate surface area is 135 Å². The van der Waals surface area contributed by atoms with Crippen molar-refractivity contribution >= 4 is 23.4 Å². The molecule has 0 bridgehead atoms. The maximum absolute atomic E-state index is 12.1. The van der Waals surface area contributed by atoms with Crippen molar-refractivity contribution in [2.45, 2.75) is 25.7 Å². The average molecular weight is 315 g/mol. The van der Waals surface area contributed by atoms with Gasteiger partial charge in [-0.1, -0.05) is 0 Å². The molecule has 0 radical (unpaired) electrons. The zero-order valence-electron chi connectivity index (χ0n) is 13.1. The van der Waals surface area contributed by atoms with Crippen molar-refractivity contribution in [1.29, 1.82) is 0 Å². The fourth-order valence-electron chi connectivity index (χ4n) is 3.05. The van der Waals surface area contributed by atoms with Crippen LogP contribution < -0.4 is 10.2 Å². The summed E-state index contributed by atoms with van der Waals surface area (Å²) in [4.78, 5) is 39.2. The van der Waals surface area contributed by atoms with Crippen LogP contribution in [0.3, 0.4) is 0 Å². The second kappa shape index (κ2) is 6.81. The molecular weight excluding hydrogens is 294 g/mol. The Hall–Kier alpha value is -2.37. The van der Waals surface area contributed by atoms with Crippen molar-refractivity contribution in [3.8, 4) is 0 Å². The Morgan fingerprint density at radius 2 is 1.70 bits per heavy atom. The first-order chi connectivity index (χ1) is 11.1. The summed E-state index contributed by atoms with van der Waals surface area (Å²) in [5.74, 6) is -0.176. The molecule has 3 rings (SSSR count). The van der Waals surface area contributed by atoms with Crippen LogP contribution in [0.2, 0.25) is 0 Å². The molecule has 0 aromatic heterocycles. The van der Waals surface area contributed by atoms with E-state index in [2.05, 4.69) is 5.32 Å². The maximum Gasteiger partial charge on any atom is 0.251 e. The summed E-state index contributed by atoms with van der Waals surface area (Å²) in [6.07, 6.45) is 3.53. The zero-order valence-corrected chi connectivity index (χ0v) is 13.1. The van der Waals surface area contributed by atoms with Crippen molar-refractivity contribution < 1.29 is 14.4 Å². The van der Waals surface area contributed by atoms with Crippen LogP contribution in [-0.4, -0.2) is 48.8 Å². The van der Waals surface area contributed by atoms with E-state index in [0.717, 1.165) is 44.6 Å². The molecule has 0 atom stereocenters. The summed E-state index contributed by atoms with van der Waals surface area (Å²) in [6, 6.07) is 6.94. The molecule has 6 nitrogen and oxygen atoms in total. The van der Waals surface area contributed by atoms with E-state index in [1.54, 1.807) is 34.1 Å². The second-order valence-electron chi connectivity index (χ2n) is 5.97. The van der Waals surface area contributed by atoms with Gasteiger partial charge in [0.05, 0.1) is 6.54 Å². The molecule has 2 aliphatic heterocycles. The predicted molar refractivity (Wildman–Crippen MR) is 86.2 cm³/mol. The summed E-state index contributed by atoms with van der Waals surface area (Å²) in [7, 11) is 0. The summed E-state index contributed by atoms with van der Waals surface area (Å²) in [5.41, 5.74) is 1.31. The average Bonchev–Trinajstić information content (AvgIpc) is 3.24. The van der Waals surface area contributed by atoms with Gasteiger partial charge in [-0.15, -0.1) is 0 Å². The van der Waals surface area contributed by atoms with Gasteiger partial charge in [0.25, 0.3) is 5.91 Å². The topological polar surface area (TPSA) is 69.7 Å². The molecular formula is C17H21N3O3. The lowest BCUT2D eigenvalue weighted by Crippen LogP contribution is -2.38. The minimum Gasteiger partial charge on any atom is -0.343 e. The highest BCUT2D eigenvalue weighted by atomic mass is 16.2. The highest BCUT2D eigenvalue weighted by Gasteiger charge is 2.22. The molecule has 2 aliphatic rings. The minimum absolute atomic E-state index is 0.0323. The first kappa shape index (κ1) is 15.5. The third-order valence-corrected chi connectivity index (χ3v) is 4.37. The molecule has 23 heavy (non-hydrogen) atoms. The van der Waals surface area contributed by atoms with E-state index in [1.165, 1.54) is 0 Å². The summed E-state index contributed by atoms with van der Waals surface area (Å²) < 4.78 is 0. The number of carbonyl (C=O) groups is 3. The number of carbonyl (C=O) groups excluding carboxylic acids is 3. The number of nitrogens with one attached hydrogen (secondary N) is 1. The quantitative estimate of drug-likeness (QED) is 0.906. The second-order valence-corrected chi connectivity index (χ2v) is 5.97. The van der Waals surface area contributed by atoms with E-state index in [4.69, 9.17) is 0 Å². The standard InChI is InChI=1S/C17H21N3O3/c21-15-4-3-11-20(15)14-7-5-13(6-8-14)17(23)18-12-16(22)19-9-1-2-10-19/h5-8H,1-4,9-12H2,(H,18,23). The van der Waals surface area contributed by atoms with Gasteiger partial charge in [0.2, 0.25) is 11.8 Å². The van der Waals surface area contributed by atoms with Crippen molar-refractivity contribution in [2.24, 2.45) is 0 Å². The minimum atomic E-state index is -0.267. The number of hydrogen-bond donors (Lipinski definition) is 1. The van der Waals surface area contributed by atoms with Gasteiger partial charge < -0.3 is 15.1 Å². The molecule has 1 N–H and O–H groups in total. The van der Waals surface area contributed by atoms with Gasteiger partial charge in [-0.3, -0.25) is 14.4 Å². The fourth-order valence-corrected chi connectivity index (χ4v) is 3.05. The van der Waals surface area contributed by atoms with Gasteiger partial charge in [0, 0.05) is 37.3 Å². The molecule has 0 unspecified atom stereocenters. The highest BCUT2D eigenvalue weighted by molar-refractivity contribution is 5.98. The van der Waals surface area contributed by atoms with Crippen LogP contribution in [0, 0.1) is 0 Å². The SMILES string of the molecule is O=C(NCC(=O)N1CCCC1)c1ccc(N2CCCC2=O)cc1. The van der Waals surface area contributed by atoms with Crippen molar-refractivity contribution in [3.05, 3.63) is 29.8 Å². The Balaban J connectivity index is 1.55. The van der Waals surface area contributed by atoms with Gasteiger partial charge in [0.1, 0.15) is 0 Å². The molecule has 122 valence electrons. The number of amides is 3. The highest BCUT2D eigenvalue weighted by Crippen LogP contribution is 2.21. The number of anilines is 1. The first-order valence-corrected chi connectivity index (χ1v) is 8.11. The molecule has 0 saturated carbocycles. The van der Waals surface area contributed by atoms with Gasteiger partial charge in [-0.2, -0.15) is 0 Å². The Morgan fingerprint density at radius 3 is 2.30 bits per heavy atom. The Morgan fingerprint density at radius 1 is 1.00 bits per heavy atom. The molecule has 0 spiro atoms. The smallest absolute Gasteiger partial charge is 0.251 e. The van der Waals surface area contributed by atoms with Crippen LogP contribution in [0.25, 0.3) is 0 Å². The van der Waals surface area contributed by atoms with E-state index < -0.39 is 0 Å². The Bertz CT molecular complexity index is 606. The van der Waals surface area contributed by atoms with E-state index in [-0.39, 0.29) is 24.3 Å². The summed E-state index contributed by atoms with van der Waals surface area (Å²) in [6.45, 7) is 2.33. The lowest BCUT2D eigenvalue weighted by Gasteiger charge is -2.16. The molecule has 0 aliphatic carbocycles. The van der Waals surface area contributed by atoms with Crippen LogP contribution in [0.15, 0.2) is 24.3 Å². The molecule has 6 heteroatoms. The third kappa shape index (κ3) is 3.52. The van der Waals surface area contributed by atoms with Crippen LogP contribution in [0.4, 0.5) is 5.69 Å². The fraction of sp³-hybridized carbons (Fsp3) is 0.471. The van der Waals surface area contributed by atoms with Gasteiger partial charge >= 0.3 is 0 Å². The molecule has 1 aromatic rings. The molecule has 3 amide bonds. The summed E-state index contributed by atoms with van der Waals surface area (Å²) >= 11 is 0. The van der Waals surface area contributed by atoms with E-state index >= 15 is 0 Å². The van der Waals surface area contributed by atoms with Crippen LogP contribution in [0.5, 0.6) is 0 Å². The number of hydrogen-bond acceptors (Lipinski definition) is 3. The summed E-state index contributed by atoms with van der Waals surface area (Å²) in [5, 5.41) is 2.66. The van der Waals surface area contributed by atoms with E-state index in [0.29, 0.717) is 12.0 Å². The zero-order chi connectivity index (χ0) is 16.2. The lowest BCUT2D eigenvalue weighted by atomic mass is 10.2. The van der Waals surface area contributed by atoms with Gasteiger partial charge in [-0.25, -0.2) is 0 Å². The number of rotatable bonds is 4. The number of nitrogens with zero attached hydrogens (tertiary/aromatic N) is 2. The van der Waals surface area contributed by atoms with E-state index in [9.17, 15) is 14.4 Å². The normalized spacial score (nSPS) is 17.7. The van der Waals surface area contributed by atoms with Gasteiger partial charge in [-0.05, 0) is 43.5 Å². The monoisotopic (exact) mass is 315 g/mol. The molecule has 2 fully saturated rings. The predicted octanol–water partition coefficient (Wildman–Crippen LogP) is 1.17. The Kier molecular flexibility index (Phi) is 4.60. The van der Waals surface area contributed by atoms with Crippen molar-refractivity contribution in [1.82, 2.24) is 10.2 Å². The number of likely N-dealkylation sites (tertiary alicyclic amines) is 1. The van der Waals surface area contributed by atoms with Crippen LogP contribution in [-0.2, 0) is 9.59 Å². The van der Waals surface area contributed by atoms with Crippen molar-refractivity contribution in [3.63, 3.8) is 0 Å². The number of benzene rings is 1. The maximum atomic E-state index is 12.1. The largest absolute Gasteiger partial charge is 0.343 e. The van der Waals surface area contributed by atoms with E-state index in [1.807, 2.05) is 0 Å². The van der Waals surface area contributed by atoms with Crippen LogP contribution >= 0.6 is 0 Å². The molecule has 1 aromatic carbocycles. The van der Waals surface area contributed by atoms with Crippen LogP contribution in [0.1, 0.15) is 36.0 Å². The van der Waals surface area contributed by atoms with Gasteiger partial charge in [0.15, 0.2) is 0 Å². The lowest BCUT2D eigenvalue weighted by molar-refractivity contribution is -0.129. The van der Waals surface area contributed by atoms with Crippen molar-refractivity contribution in [2.75, 3.05) is 31.1 Å². The third-order valence-electron chi connectivity index (χ3n) is 4.37. The molecule has 2 saturated heterocycles.